The van der Waals surface area contributed by atoms with E-state index in [4.69, 9.17) is 4.74 Å². The smallest absolute Gasteiger partial charge is 0.135 e. The molecule has 0 bridgehead atoms. The van der Waals surface area contributed by atoms with Crippen LogP contribution in [0.15, 0.2) is 12.1 Å². The lowest BCUT2D eigenvalue weighted by atomic mass is 10.2. The van der Waals surface area contributed by atoms with Crippen LogP contribution in [-0.2, 0) is 0 Å². The summed E-state index contributed by atoms with van der Waals surface area (Å²) in [5, 5.41) is 0.920. The van der Waals surface area contributed by atoms with Crippen LogP contribution in [0.1, 0.15) is 12.0 Å². The SMILES string of the molecule is Cc1cc(F)cc(I)c1OCCCBr. The summed E-state index contributed by atoms with van der Waals surface area (Å²) in [6.45, 7) is 2.52. The van der Waals surface area contributed by atoms with Crippen LogP contribution in [0.3, 0.4) is 0 Å². The molecule has 0 atom stereocenters. The Morgan fingerprint density at radius 2 is 2.21 bits per heavy atom. The van der Waals surface area contributed by atoms with Gasteiger partial charge in [0.25, 0.3) is 0 Å². The van der Waals surface area contributed by atoms with Gasteiger partial charge in [-0.3, -0.25) is 0 Å². The van der Waals surface area contributed by atoms with Gasteiger partial charge in [-0.15, -0.1) is 0 Å². The molecule has 1 rings (SSSR count). The summed E-state index contributed by atoms with van der Waals surface area (Å²) in [4.78, 5) is 0. The lowest BCUT2D eigenvalue weighted by molar-refractivity contribution is 0.314. The monoisotopic (exact) mass is 372 g/mol. The topological polar surface area (TPSA) is 9.23 Å². The summed E-state index contributed by atoms with van der Waals surface area (Å²) in [5.74, 6) is 0.590. The lowest BCUT2D eigenvalue weighted by Gasteiger charge is -2.10. The molecule has 0 amide bonds. The average Bonchev–Trinajstić information content (AvgIpc) is 2.09. The third-order valence-corrected chi connectivity index (χ3v) is 3.08. The Hall–Kier alpha value is 0.160. The van der Waals surface area contributed by atoms with Crippen LogP contribution in [0.2, 0.25) is 0 Å². The highest BCUT2D eigenvalue weighted by atomic mass is 127. The molecule has 0 aliphatic carbocycles. The molecule has 78 valence electrons. The minimum Gasteiger partial charge on any atom is -0.492 e. The van der Waals surface area contributed by atoms with Crippen molar-refractivity contribution in [3.8, 4) is 5.75 Å². The molecule has 1 aromatic carbocycles. The van der Waals surface area contributed by atoms with Crippen molar-refractivity contribution < 1.29 is 9.13 Å². The van der Waals surface area contributed by atoms with Gasteiger partial charge in [-0.2, -0.15) is 0 Å². The van der Waals surface area contributed by atoms with E-state index in [0.717, 1.165) is 26.6 Å². The van der Waals surface area contributed by atoms with Gasteiger partial charge in [0.1, 0.15) is 11.6 Å². The first-order valence-electron chi connectivity index (χ1n) is 4.29. The second kappa shape index (κ2) is 5.90. The number of hydrogen-bond donors (Lipinski definition) is 0. The molecular formula is C10H11BrFIO. The van der Waals surface area contributed by atoms with Crippen molar-refractivity contribution in [2.24, 2.45) is 0 Å². The molecule has 0 unspecified atom stereocenters. The first kappa shape index (κ1) is 12.2. The number of hydrogen-bond acceptors (Lipinski definition) is 1. The van der Waals surface area contributed by atoms with Crippen molar-refractivity contribution in [3.63, 3.8) is 0 Å². The average molecular weight is 373 g/mol. The van der Waals surface area contributed by atoms with Crippen LogP contribution in [0.25, 0.3) is 0 Å². The molecule has 0 spiro atoms. The zero-order chi connectivity index (χ0) is 10.6. The third-order valence-electron chi connectivity index (χ3n) is 1.72. The molecule has 0 saturated carbocycles. The van der Waals surface area contributed by atoms with E-state index < -0.39 is 0 Å². The zero-order valence-corrected chi connectivity index (χ0v) is 11.6. The van der Waals surface area contributed by atoms with Gasteiger partial charge < -0.3 is 4.74 Å². The van der Waals surface area contributed by atoms with E-state index in [9.17, 15) is 4.39 Å². The molecule has 1 aromatic rings. The molecule has 0 N–H and O–H groups in total. The minimum atomic E-state index is -0.209. The fourth-order valence-electron chi connectivity index (χ4n) is 1.10. The van der Waals surface area contributed by atoms with Gasteiger partial charge in [0.05, 0.1) is 10.2 Å². The first-order chi connectivity index (χ1) is 6.65. The van der Waals surface area contributed by atoms with Crippen LogP contribution in [0.4, 0.5) is 4.39 Å². The maximum atomic E-state index is 12.9. The lowest BCUT2D eigenvalue weighted by Crippen LogP contribution is -2.01. The summed E-state index contributed by atoms with van der Waals surface area (Å²) in [6, 6.07) is 2.97. The van der Waals surface area contributed by atoms with Crippen molar-refractivity contribution in [1.29, 1.82) is 0 Å². The van der Waals surface area contributed by atoms with Gasteiger partial charge in [0, 0.05) is 5.33 Å². The van der Waals surface area contributed by atoms with Crippen molar-refractivity contribution in [1.82, 2.24) is 0 Å². The molecule has 0 aromatic heterocycles. The predicted octanol–water partition coefficient (Wildman–Crippen LogP) is 3.90. The number of aryl methyl sites for hydroxylation is 1. The predicted molar refractivity (Wildman–Crippen MR) is 67.8 cm³/mol. The largest absolute Gasteiger partial charge is 0.492 e. The number of alkyl halides is 1. The third kappa shape index (κ3) is 3.38. The van der Waals surface area contributed by atoms with E-state index in [2.05, 4.69) is 38.5 Å². The van der Waals surface area contributed by atoms with Crippen LogP contribution in [-0.4, -0.2) is 11.9 Å². The highest BCUT2D eigenvalue weighted by Crippen LogP contribution is 2.26. The fourth-order valence-corrected chi connectivity index (χ4v) is 2.21. The van der Waals surface area contributed by atoms with Gasteiger partial charge in [-0.1, -0.05) is 15.9 Å². The van der Waals surface area contributed by atoms with E-state index >= 15 is 0 Å². The Kier molecular flexibility index (Phi) is 5.15. The normalized spacial score (nSPS) is 10.3. The number of benzene rings is 1. The second-order valence-electron chi connectivity index (χ2n) is 2.92. The molecule has 0 radical (unpaired) electrons. The molecule has 0 fully saturated rings. The first-order valence-corrected chi connectivity index (χ1v) is 6.49. The van der Waals surface area contributed by atoms with E-state index in [-0.39, 0.29) is 5.82 Å². The fraction of sp³-hybridized carbons (Fsp3) is 0.400. The van der Waals surface area contributed by atoms with Crippen LogP contribution >= 0.6 is 38.5 Å². The van der Waals surface area contributed by atoms with Crippen molar-refractivity contribution in [3.05, 3.63) is 27.1 Å². The maximum absolute atomic E-state index is 12.9. The summed E-state index contributed by atoms with van der Waals surface area (Å²) in [5.41, 5.74) is 0.851. The van der Waals surface area contributed by atoms with Gasteiger partial charge in [0.15, 0.2) is 0 Å². The van der Waals surface area contributed by atoms with Gasteiger partial charge >= 0.3 is 0 Å². The van der Waals surface area contributed by atoms with Gasteiger partial charge in [-0.05, 0) is 53.6 Å². The van der Waals surface area contributed by atoms with E-state index in [1.54, 1.807) is 0 Å². The highest BCUT2D eigenvalue weighted by molar-refractivity contribution is 14.1. The van der Waals surface area contributed by atoms with Crippen molar-refractivity contribution >= 4 is 38.5 Å². The van der Waals surface area contributed by atoms with Crippen LogP contribution in [0, 0.1) is 16.3 Å². The Bertz CT molecular complexity index is 294. The molecule has 0 heterocycles. The Morgan fingerprint density at radius 3 is 2.79 bits per heavy atom. The quantitative estimate of drug-likeness (QED) is 0.442. The standard InChI is InChI=1S/C10H11BrFIO/c1-7-5-8(12)6-9(13)10(7)14-4-2-3-11/h5-6H,2-4H2,1H3. The van der Waals surface area contributed by atoms with E-state index in [0.29, 0.717) is 6.61 Å². The zero-order valence-electron chi connectivity index (χ0n) is 7.82. The number of ether oxygens (including phenoxy) is 1. The van der Waals surface area contributed by atoms with Crippen molar-refractivity contribution in [2.75, 3.05) is 11.9 Å². The Balaban J connectivity index is 2.75. The number of rotatable bonds is 4. The van der Waals surface area contributed by atoms with E-state index in [1.807, 2.05) is 6.92 Å². The summed E-state index contributed by atoms with van der Waals surface area (Å²) in [6.07, 6.45) is 0.951. The van der Waals surface area contributed by atoms with Gasteiger partial charge in [0.2, 0.25) is 0 Å². The molecular weight excluding hydrogens is 362 g/mol. The molecule has 0 saturated heterocycles. The molecule has 14 heavy (non-hydrogen) atoms. The minimum absolute atomic E-state index is 0.209. The van der Waals surface area contributed by atoms with E-state index in [1.165, 1.54) is 12.1 Å². The highest BCUT2D eigenvalue weighted by Gasteiger charge is 2.06. The second-order valence-corrected chi connectivity index (χ2v) is 4.88. The summed E-state index contributed by atoms with van der Waals surface area (Å²) in [7, 11) is 0. The molecule has 4 heteroatoms. The molecule has 1 nitrogen and oxygen atoms in total. The van der Waals surface area contributed by atoms with Crippen LogP contribution in [0.5, 0.6) is 5.75 Å². The molecule has 0 aliphatic heterocycles. The Labute approximate surface area is 105 Å². The van der Waals surface area contributed by atoms with Crippen LogP contribution < -0.4 is 4.74 Å². The number of halogens is 3. The summed E-state index contributed by atoms with van der Waals surface area (Å²) >= 11 is 5.42. The van der Waals surface area contributed by atoms with Crippen molar-refractivity contribution in [2.45, 2.75) is 13.3 Å². The molecule has 0 aliphatic rings. The maximum Gasteiger partial charge on any atom is 0.135 e. The summed E-state index contributed by atoms with van der Waals surface area (Å²) < 4.78 is 19.3. The van der Waals surface area contributed by atoms with Gasteiger partial charge in [-0.25, -0.2) is 4.39 Å². The Morgan fingerprint density at radius 1 is 1.50 bits per heavy atom.